The molecule has 0 bridgehead atoms. The highest BCUT2D eigenvalue weighted by molar-refractivity contribution is 5.57. The van der Waals surface area contributed by atoms with E-state index in [9.17, 15) is 10.2 Å². The van der Waals surface area contributed by atoms with Crippen molar-refractivity contribution in [3.63, 3.8) is 0 Å². The Balaban J connectivity index is 1.90. The number of aliphatic hydroxyl groups excluding tert-OH is 1. The second-order valence-corrected chi connectivity index (χ2v) is 5.65. The molecule has 2 N–H and O–H groups in total. The number of rotatable bonds is 1. The van der Waals surface area contributed by atoms with Crippen molar-refractivity contribution in [2.45, 2.75) is 19.1 Å². The van der Waals surface area contributed by atoms with Gasteiger partial charge < -0.3 is 24.4 Å². The van der Waals surface area contributed by atoms with Crippen molar-refractivity contribution in [1.82, 2.24) is 0 Å². The molecule has 2 aromatic carbocycles. The molecule has 2 aromatic rings. The zero-order chi connectivity index (χ0) is 15.3. The van der Waals surface area contributed by atoms with Crippen LogP contribution in [0.25, 0.3) is 0 Å². The maximum absolute atomic E-state index is 10.2. The van der Waals surface area contributed by atoms with Crippen molar-refractivity contribution < 1.29 is 24.4 Å². The van der Waals surface area contributed by atoms with Crippen molar-refractivity contribution >= 4 is 0 Å². The van der Waals surface area contributed by atoms with Crippen LogP contribution in [0.2, 0.25) is 0 Å². The molecular formula is C17H16O5. The summed E-state index contributed by atoms with van der Waals surface area (Å²) in [6.45, 7) is 2.08. The molecule has 2 aliphatic heterocycles. The van der Waals surface area contributed by atoms with Gasteiger partial charge in [0.2, 0.25) is 13.1 Å². The van der Waals surface area contributed by atoms with Gasteiger partial charge in [-0.05, 0) is 12.1 Å². The topological polar surface area (TPSA) is 68.2 Å². The van der Waals surface area contributed by atoms with Gasteiger partial charge >= 0.3 is 0 Å². The van der Waals surface area contributed by atoms with E-state index in [0.29, 0.717) is 17.2 Å². The third-order valence-corrected chi connectivity index (χ3v) is 4.34. The Morgan fingerprint density at radius 2 is 1.73 bits per heavy atom. The van der Waals surface area contributed by atoms with Crippen LogP contribution < -0.4 is 14.2 Å². The van der Waals surface area contributed by atoms with Crippen LogP contribution in [0, 0.1) is 5.92 Å². The van der Waals surface area contributed by atoms with E-state index in [1.807, 2.05) is 25.1 Å². The monoisotopic (exact) mass is 300 g/mol. The molecule has 0 saturated carbocycles. The number of fused-ring (bicyclic) bond motifs is 2. The fraction of sp³-hybridized carbons (Fsp3) is 0.294. The zero-order valence-electron chi connectivity index (χ0n) is 12.0. The summed E-state index contributed by atoms with van der Waals surface area (Å²) in [4.78, 5) is 0. The first kappa shape index (κ1) is 13.3. The summed E-state index contributed by atoms with van der Waals surface area (Å²) in [6, 6.07) is 10.8. The molecule has 2 aliphatic rings. The molecule has 0 unspecified atom stereocenters. The molecule has 114 valence electrons. The molecule has 0 fully saturated rings. The van der Waals surface area contributed by atoms with Crippen LogP contribution in [0.3, 0.4) is 0 Å². The van der Waals surface area contributed by atoms with Gasteiger partial charge in [0.25, 0.3) is 0 Å². The van der Waals surface area contributed by atoms with E-state index in [1.54, 1.807) is 18.2 Å². The number of benzene rings is 2. The molecule has 4 rings (SSSR count). The lowest BCUT2D eigenvalue weighted by Crippen LogP contribution is -2.34. The standard InChI is InChI=1S/C17H16O5/c1-9-16(10-4-2-3-5-12(10)18)11-6-14-15(21-8-20-14)7-13(11)22-17(9)19/h2-7,9,16-19H,8H2,1H3/t9-,16-,17+/m1/s1. The summed E-state index contributed by atoms with van der Waals surface area (Å²) in [5.41, 5.74) is 1.64. The van der Waals surface area contributed by atoms with Crippen molar-refractivity contribution in [3.8, 4) is 23.0 Å². The highest BCUT2D eigenvalue weighted by atomic mass is 16.7. The lowest BCUT2D eigenvalue weighted by molar-refractivity contribution is -0.0730. The first-order chi connectivity index (χ1) is 10.6. The Morgan fingerprint density at radius 1 is 1.00 bits per heavy atom. The lowest BCUT2D eigenvalue weighted by Gasteiger charge is -2.35. The first-order valence-electron chi connectivity index (χ1n) is 7.21. The number of aliphatic hydroxyl groups is 1. The summed E-state index contributed by atoms with van der Waals surface area (Å²) in [6.07, 6.45) is -0.947. The van der Waals surface area contributed by atoms with Crippen LogP contribution in [-0.2, 0) is 0 Å². The number of phenols is 1. The Morgan fingerprint density at radius 3 is 2.50 bits per heavy atom. The molecule has 3 atom stereocenters. The minimum Gasteiger partial charge on any atom is -0.508 e. The molecule has 22 heavy (non-hydrogen) atoms. The van der Waals surface area contributed by atoms with E-state index < -0.39 is 6.29 Å². The van der Waals surface area contributed by atoms with E-state index in [2.05, 4.69) is 0 Å². The molecule has 0 amide bonds. The van der Waals surface area contributed by atoms with Crippen LogP contribution in [-0.4, -0.2) is 23.3 Å². The van der Waals surface area contributed by atoms with E-state index in [0.717, 1.165) is 11.1 Å². The summed E-state index contributed by atoms with van der Waals surface area (Å²) in [7, 11) is 0. The molecule has 0 aromatic heterocycles. The average molecular weight is 300 g/mol. The maximum atomic E-state index is 10.2. The van der Waals surface area contributed by atoms with Crippen LogP contribution in [0.1, 0.15) is 24.0 Å². The van der Waals surface area contributed by atoms with Crippen molar-refractivity contribution in [2.24, 2.45) is 5.92 Å². The highest BCUT2D eigenvalue weighted by Gasteiger charge is 2.38. The zero-order valence-corrected chi connectivity index (χ0v) is 12.0. The second-order valence-electron chi connectivity index (χ2n) is 5.65. The number of hydrogen-bond donors (Lipinski definition) is 2. The third-order valence-electron chi connectivity index (χ3n) is 4.34. The smallest absolute Gasteiger partial charge is 0.231 e. The Hall–Kier alpha value is -2.40. The fourth-order valence-electron chi connectivity index (χ4n) is 3.17. The van der Waals surface area contributed by atoms with Gasteiger partial charge in [-0.1, -0.05) is 25.1 Å². The summed E-state index contributed by atoms with van der Waals surface area (Å²) < 4.78 is 16.4. The van der Waals surface area contributed by atoms with Crippen LogP contribution in [0.5, 0.6) is 23.0 Å². The van der Waals surface area contributed by atoms with Gasteiger partial charge in [-0.25, -0.2) is 0 Å². The normalized spacial score (nSPS) is 25.5. The summed E-state index contributed by atoms with van der Waals surface area (Å²) in [5.74, 6) is 1.64. The highest BCUT2D eigenvalue weighted by Crippen LogP contribution is 2.50. The Labute approximate surface area is 127 Å². The van der Waals surface area contributed by atoms with Gasteiger partial charge in [0, 0.05) is 29.0 Å². The van der Waals surface area contributed by atoms with Crippen LogP contribution in [0.4, 0.5) is 0 Å². The molecule has 5 heteroatoms. The van der Waals surface area contributed by atoms with Crippen LogP contribution in [0.15, 0.2) is 36.4 Å². The Kier molecular flexibility index (Phi) is 2.90. The van der Waals surface area contributed by atoms with Crippen molar-refractivity contribution in [2.75, 3.05) is 6.79 Å². The van der Waals surface area contributed by atoms with E-state index in [1.165, 1.54) is 0 Å². The van der Waals surface area contributed by atoms with E-state index in [-0.39, 0.29) is 24.4 Å². The maximum Gasteiger partial charge on any atom is 0.231 e. The minimum absolute atomic E-state index is 0.178. The van der Waals surface area contributed by atoms with Gasteiger partial charge in [0.15, 0.2) is 11.5 Å². The van der Waals surface area contributed by atoms with Gasteiger partial charge in [0.1, 0.15) is 11.5 Å². The van der Waals surface area contributed by atoms with Gasteiger partial charge in [0.05, 0.1) is 0 Å². The largest absolute Gasteiger partial charge is 0.508 e. The molecule has 0 saturated heterocycles. The molecule has 5 nitrogen and oxygen atoms in total. The number of hydrogen-bond acceptors (Lipinski definition) is 5. The molecule has 2 heterocycles. The summed E-state index contributed by atoms with van der Waals surface area (Å²) >= 11 is 0. The fourth-order valence-corrected chi connectivity index (χ4v) is 3.17. The second kappa shape index (κ2) is 4.81. The van der Waals surface area contributed by atoms with Crippen molar-refractivity contribution in [1.29, 1.82) is 0 Å². The SMILES string of the molecule is C[C@@H]1[C@H](c2ccccc2O)c2cc3c(cc2O[C@@H]1O)OCO3. The van der Waals surface area contributed by atoms with Gasteiger partial charge in [-0.15, -0.1) is 0 Å². The predicted octanol–water partition coefficient (Wildman–Crippen LogP) is 2.60. The number of aromatic hydroxyl groups is 1. The first-order valence-corrected chi connectivity index (χ1v) is 7.21. The minimum atomic E-state index is -0.947. The molecule has 0 aliphatic carbocycles. The number of ether oxygens (including phenoxy) is 3. The molecule has 0 spiro atoms. The molecular weight excluding hydrogens is 284 g/mol. The number of para-hydroxylation sites is 1. The third kappa shape index (κ3) is 1.89. The van der Waals surface area contributed by atoms with E-state index in [4.69, 9.17) is 14.2 Å². The lowest BCUT2D eigenvalue weighted by atomic mass is 9.78. The number of phenolic OH excluding ortho intramolecular Hbond substituents is 1. The van der Waals surface area contributed by atoms with Crippen molar-refractivity contribution in [3.05, 3.63) is 47.5 Å². The predicted molar refractivity (Wildman–Crippen MR) is 78.3 cm³/mol. The van der Waals surface area contributed by atoms with Gasteiger partial charge in [-0.2, -0.15) is 0 Å². The quantitative estimate of drug-likeness (QED) is 0.847. The van der Waals surface area contributed by atoms with Gasteiger partial charge in [-0.3, -0.25) is 0 Å². The Bertz CT molecular complexity index is 727. The average Bonchev–Trinajstić information content (AvgIpc) is 2.95. The molecule has 0 radical (unpaired) electrons. The van der Waals surface area contributed by atoms with E-state index >= 15 is 0 Å². The summed E-state index contributed by atoms with van der Waals surface area (Å²) in [5, 5.41) is 20.4. The van der Waals surface area contributed by atoms with Crippen LogP contribution >= 0.6 is 0 Å².